The third-order valence-corrected chi connectivity index (χ3v) is 7.65. The first-order valence-electron chi connectivity index (χ1n) is 8.04. The highest BCUT2D eigenvalue weighted by atomic mass is 35.5. The molecule has 0 spiro atoms. The quantitative estimate of drug-likeness (QED) is 0.221. The molecule has 0 bridgehead atoms. The lowest BCUT2D eigenvalue weighted by Crippen LogP contribution is -2.40. The van der Waals surface area contributed by atoms with Gasteiger partial charge in [0.1, 0.15) is 0 Å². The van der Waals surface area contributed by atoms with Gasteiger partial charge in [-0.15, -0.1) is 30.0 Å². The van der Waals surface area contributed by atoms with Gasteiger partial charge in [-0.05, 0) is 44.4 Å². The molecule has 0 amide bonds. The molecule has 1 aromatic rings. The Bertz CT molecular complexity index is 779. The number of hydrogen-bond donors (Lipinski definition) is 0. The Labute approximate surface area is 172 Å². The van der Waals surface area contributed by atoms with E-state index >= 15 is 0 Å². The van der Waals surface area contributed by atoms with Crippen molar-refractivity contribution in [1.29, 1.82) is 0 Å². The van der Waals surface area contributed by atoms with E-state index in [1.807, 2.05) is 6.92 Å². The minimum Gasteiger partial charge on any atom is -0.169 e. The molecule has 0 N–H and O–H groups in total. The fraction of sp³-hybridized carbons (Fsp3) is 0.368. The molecule has 0 nitrogen and oxygen atoms in total. The lowest BCUT2D eigenvalue weighted by molar-refractivity contribution is -0.161. The highest BCUT2D eigenvalue weighted by molar-refractivity contribution is 8.21. The van der Waals surface area contributed by atoms with Crippen LogP contribution in [0.3, 0.4) is 0 Å². The molecule has 1 rings (SSSR count). The molecule has 1 aromatic carbocycles. The Kier molecular flexibility index (Phi) is 7.87. The standard InChI is InChI=1S/C19H21ClF6S2/c1-7-11(3)17(27-12(4)8-2)14-9-10-15(13(5)16(14)20)18(6,19(21,22)23)28(24,25)26/h7-10,12H,1-2H2,3-6H3/b17-11+. The molecule has 0 heterocycles. The average Bonchev–Trinajstić information content (AvgIpc) is 2.58. The normalized spacial score (nSPS) is 17.4. The van der Waals surface area contributed by atoms with Crippen LogP contribution in [-0.2, 0) is 4.75 Å². The number of benzene rings is 1. The van der Waals surface area contributed by atoms with Crippen LogP contribution in [-0.4, -0.2) is 11.4 Å². The molecule has 0 aliphatic carbocycles. The van der Waals surface area contributed by atoms with Crippen molar-refractivity contribution < 1.29 is 24.8 Å². The van der Waals surface area contributed by atoms with Gasteiger partial charge in [0.2, 0.25) is 11.2 Å². The Hall–Kier alpha value is -0.990. The summed E-state index contributed by atoms with van der Waals surface area (Å²) in [5.74, 6) is 0. The van der Waals surface area contributed by atoms with Crippen LogP contribution >= 0.6 is 34.5 Å². The van der Waals surface area contributed by atoms with Crippen molar-refractivity contribution in [1.82, 2.24) is 0 Å². The maximum atomic E-state index is 13.5. The smallest absolute Gasteiger partial charge is 0.169 e. The molecule has 2 atom stereocenters. The number of thioether (sulfide) groups is 1. The number of rotatable bonds is 7. The van der Waals surface area contributed by atoms with E-state index in [0.717, 1.165) is 6.07 Å². The van der Waals surface area contributed by atoms with Crippen molar-refractivity contribution in [3.05, 3.63) is 64.7 Å². The topological polar surface area (TPSA) is 0 Å². The molecule has 28 heavy (non-hydrogen) atoms. The van der Waals surface area contributed by atoms with Crippen molar-refractivity contribution in [3.63, 3.8) is 0 Å². The van der Waals surface area contributed by atoms with Gasteiger partial charge >= 0.3 is 6.18 Å². The molecule has 2 unspecified atom stereocenters. The maximum Gasteiger partial charge on any atom is 0.412 e. The summed E-state index contributed by atoms with van der Waals surface area (Å²) in [5.41, 5.74) is -0.0628. The second kappa shape index (κ2) is 8.79. The summed E-state index contributed by atoms with van der Waals surface area (Å²) in [6, 6.07) is 2.09. The van der Waals surface area contributed by atoms with Crippen LogP contribution in [0.1, 0.15) is 37.5 Å². The van der Waals surface area contributed by atoms with Gasteiger partial charge in [0, 0.05) is 15.7 Å². The van der Waals surface area contributed by atoms with Gasteiger partial charge < -0.3 is 0 Å². The molecule has 0 saturated heterocycles. The zero-order chi connectivity index (χ0) is 22.1. The summed E-state index contributed by atoms with van der Waals surface area (Å²) in [6.07, 6.45) is -2.28. The molecular weight excluding hydrogens is 442 g/mol. The van der Waals surface area contributed by atoms with E-state index in [9.17, 15) is 24.8 Å². The summed E-state index contributed by atoms with van der Waals surface area (Å²) >= 11 is 1.12. The first kappa shape index (κ1) is 25.0. The molecular formula is C19H21ClF6S2. The molecule has 0 saturated carbocycles. The first-order valence-corrected chi connectivity index (χ1v) is 10.6. The van der Waals surface area contributed by atoms with E-state index < -0.39 is 27.7 Å². The van der Waals surface area contributed by atoms with Gasteiger partial charge in [-0.1, -0.05) is 42.5 Å². The molecule has 0 aromatic heterocycles. The highest BCUT2D eigenvalue weighted by Gasteiger charge is 2.66. The summed E-state index contributed by atoms with van der Waals surface area (Å²) in [4.78, 5) is 0.620. The van der Waals surface area contributed by atoms with Crippen LogP contribution in [0.25, 0.3) is 4.91 Å². The van der Waals surface area contributed by atoms with E-state index in [1.54, 1.807) is 19.1 Å². The van der Waals surface area contributed by atoms with Crippen molar-refractivity contribution in [2.45, 2.75) is 43.9 Å². The SMILES string of the molecule is C=C/C(C)=C(/SC(C)C=C)c1ccc(C(C)(C(F)(F)F)S(F)(F)F)c(C)c1Cl. The van der Waals surface area contributed by atoms with E-state index in [-0.39, 0.29) is 22.8 Å². The van der Waals surface area contributed by atoms with E-state index in [0.29, 0.717) is 16.0 Å². The fourth-order valence-corrected chi connectivity index (χ4v) is 4.56. The summed E-state index contributed by atoms with van der Waals surface area (Å²) in [5, 5.41) is -0.197. The number of alkyl halides is 3. The summed E-state index contributed by atoms with van der Waals surface area (Å²) < 4.78 is 77.1. The average molecular weight is 463 g/mol. The van der Waals surface area contributed by atoms with Crippen LogP contribution in [0, 0.1) is 6.92 Å². The van der Waals surface area contributed by atoms with Crippen LogP contribution < -0.4 is 0 Å². The third kappa shape index (κ3) is 4.60. The van der Waals surface area contributed by atoms with Crippen LogP contribution in [0.2, 0.25) is 5.02 Å². The second-order valence-corrected chi connectivity index (χ2v) is 9.71. The third-order valence-electron chi connectivity index (χ3n) is 4.45. The predicted octanol–water partition coefficient (Wildman–Crippen LogP) is 9.11. The number of hydrogen-bond acceptors (Lipinski definition) is 1. The van der Waals surface area contributed by atoms with Gasteiger partial charge in [0.25, 0.3) is 0 Å². The molecule has 0 radical (unpaired) electrons. The predicted molar refractivity (Wildman–Crippen MR) is 111 cm³/mol. The minimum absolute atomic E-state index is 0.0546. The van der Waals surface area contributed by atoms with Crippen LogP contribution in [0.5, 0.6) is 0 Å². The Morgan fingerprint density at radius 2 is 1.75 bits per heavy atom. The van der Waals surface area contributed by atoms with Gasteiger partial charge in [0.15, 0.2) is 4.75 Å². The van der Waals surface area contributed by atoms with E-state index in [1.165, 1.54) is 24.8 Å². The monoisotopic (exact) mass is 462 g/mol. The Morgan fingerprint density at radius 3 is 2.14 bits per heavy atom. The zero-order valence-corrected chi connectivity index (χ0v) is 18.2. The van der Waals surface area contributed by atoms with Crippen molar-refractivity contribution in [3.8, 4) is 0 Å². The molecule has 0 aliphatic heterocycles. The molecule has 9 heteroatoms. The Morgan fingerprint density at radius 1 is 1.21 bits per heavy atom. The van der Waals surface area contributed by atoms with Crippen molar-refractivity contribution in [2.75, 3.05) is 0 Å². The summed E-state index contributed by atoms with van der Waals surface area (Å²) in [6.45, 7) is 12.3. The van der Waals surface area contributed by atoms with E-state index in [2.05, 4.69) is 13.2 Å². The second-order valence-electron chi connectivity index (χ2n) is 6.31. The molecule has 158 valence electrons. The minimum atomic E-state index is -6.52. The van der Waals surface area contributed by atoms with Gasteiger partial charge in [-0.2, -0.15) is 13.2 Å². The van der Waals surface area contributed by atoms with Crippen molar-refractivity contribution in [2.24, 2.45) is 0 Å². The van der Waals surface area contributed by atoms with Gasteiger partial charge in [-0.3, -0.25) is 0 Å². The van der Waals surface area contributed by atoms with Crippen molar-refractivity contribution >= 4 is 39.5 Å². The molecule has 0 fully saturated rings. The molecule has 0 aliphatic rings. The lowest BCUT2D eigenvalue weighted by Gasteiger charge is -2.37. The fourth-order valence-electron chi connectivity index (χ4n) is 2.48. The first-order chi connectivity index (χ1) is 12.6. The zero-order valence-electron chi connectivity index (χ0n) is 15.8. The highest BCUT2D eigenvalue weighted by Crippen LogP contribution is 2.73. The van der Waals surface area contributed by atoms with Gasteiger partial charge in [0.05, 0.1) is 5.02 Å². The maximum absolute atomic E-state index is 13.5. The number of allylic oxidation sites excluding steroid dienone is 2. The number of halogens is 7. The van der Waals surface area contributed by atoms with Crippen LogP contribution in [0.15, 0.2) is 43.0 Å². The summed E-state index contributed by atoms with van der Waals surface area (Å²) in [7, 11) is 0. The van der Waals surface area contributed by atoms with E-state index in [4.69, 9.17) is 11.6 Å². The lowest BCUT2D eigenvalue weighted by atomic mass is 9.92. The van der Waals surface area contributed by atoms with Crippen LogP contribution in [0.4, 0.5) is 24.8 Å². The van der Waals surface area contributed by atoms with Gasteiger partial charge in [-0.25, -0.2) is 0 Å². The Balaban J connectivity index is 3.77. The largest absolute Gasteiger partial charge is 0.412 e.